The molecule has 1 aromatic carbocycles. The highest BCUT2D eigenvalue weighted by Crippen LogP contribution is 2.34. The normalized spacial score (nSPS) is 16.4. The molecule has 4 nitrogen and oxygen atoms in total. The average Bonchev–Trinajstić information content (AvgIpc) is 2.52. The standard InChI is InChI=1S/C11H9NO3S/c1-6-3-4-8-9(5-6)16-11(10(8)14)12-15-7(2)13/h3-5H,1-2H3. The van der Waals surface area contributed by atoms with Crippen molar-refractivity contribution in [3.63, 3.8) is 0 Å². The van der Waals surface area contributed by atoms with Crippen molar-refractivity contribution in [3.05, 3.63) is 29.3 Å². The molecule has 0 amide bonds. The second-order valence-electron chi connectivity index (χ2n) is 3.41. The van der Waals surface area contributed by atoms with Gasteiger partial charge in [0.15, 0.2) is 5.04 Å². The molecule has 0 aliphatic carbocycles. The van der Waals surface area contributed by atoms with Crippen molar-refractivity contribution >= 4 is 28.6 Å². The molecule has 2 rings (SSSR count). The van der Waals surface area contributed by atoms with Crippen molar-refractivity contribution in [2.24, 2.45) is 5.16 Å². The third kappa shape index (κ3) is 1.99. The maximum absolute atomic E-state index is 11.8. The minimum atomic E-state index is -0.534. The molecular weight excluding hydrogens is 226 g/mol. The number of nitrogens with zero attached hydrogens (tertiary/aromatic N) is 1. The lowest BCUT2D eigenvalue weighted by Crippen LogP contribution is -2.05. The monoisotopic (exact) mass is 235 g/mol. The molecule has 0 radical (unpaired) electrons. The molecule has 5 heteroatoms. The Bertz CT molecular complexity index is 508. The van der Waals surface area contributed by atoms with Gasteiger partial charge in [-0.15, -0.1) is 0 Å². The molecule has 16 heavy (non-hydrogen) atoms. The summed E-state index contributed by atoms with van der Waals surface area (Å²) in [6.07, 6.45) is 0. The summed E-state index contributed by atoms with van der Waals surface area (Å²) in [6.45, 7) is 3.19. The molecule has 0 fully saturated rings. The van der Waals surface area contributed by atoms with E-state index in [1.165, 1.54) is 18.7 Å². The van der Waals surface area contributed by atoms with Crippen molar-refractivity contribution < 1.29 is 14.4 Å². The van der Waals surface area contributed by atoms with Gasteiger partial charge in [-0.25, -0.2) is 4.79 Å². The van der Waals surface area contributed by atoms with Crippen molar-refractivity contribution in [3.8, 4) is 0 Å². The van der Waals surface area contributed by atoms with Crippen LogP contribution in [-0.4, -0.2) is 16.8 Å². The number of carbonyl (C=O) groups is 2. The Kier molecular flexibility index (Phi) is 2.78. The second kappa shape index (κ2) is 4.09. The summed E-state index contributed by atoms with van der Waals surface area (Å²) in [5.74, 6) is -0.728. The van der Waals surface area contributed by atoms with Gasteiger partial charge in [-0.05, 0) is 24.6 Å². The third-order valence-electron chi connectivity index (χ3n) is 2.04. The Morgan fingerprint density at radius 1 is 1.44 bits per heavy atom. The second-order valence-corrected chi connectivity index (χ2v) is 4.44. The third-order valence-corrected chi connectivity index (χ3v) is 3.05. The molecular formula is C11H9NO3S. The van der Waals surface area contributed by atoms with Gasteiger partial charge < -0.3 is 4.84 Å². The fraction of sp³-hybridized carbons (Fsp3) is 0.182. The van der Waals surface area contributed by atoms with E-state index in [0.29, 0.717) is 5.56 Å². The van der Waals surface area contributed by atoms with Gasteiger partial charge in [-0.2, -0.15) is 0 Å². The highest BCUT2D eigenvalue weighted by molar-refractivity contribution is 8.16. The smallest absolute Gasteiger partial charge is 0.317 e. The minimum absolute atomic E-state index is 0.193. The SMILES string of the molecule is CC(=O)ON=C1Sc2cc(C)ccc2C1=O. The first-order valence-corrected chi connectivity index (χ1v) is 5.48. The van der Waals surface area contributed by atoms with Crippen LogP contribution in [0.3, 0.4) is 0 Å². The van der Waals surface area contributed by atoms with E-state index in [0.717, 1.165) is 10.5 Å². The number of aryl methyl sites for hydroxylation is 1. The highest BCUT2D eigenvalue weighted by atomic mass is 32.2. The number of carbonyl (C=O) groups excluding carboxylic acids is 2. The van der Waals surface area contributed by atoms with Crippen LogP contribution in [0, 0.1) is 6.92 Å². The van der Waals surface area contributed by atoms with Gasteiger partial charge in [0, 0.05) is 17.4 Å². The zero-order valence-electron chi connectivity index (χ0n) is 8.81. The summed E-state index contributed by atoms with van der Waals surface area (Å²) in [6, 6.07) is 5.54. The molecule has 0 aromatic heterocycles. The quantitative estimate of drug-likeness (QED) is 0.553. The summed E-state index contributed by atoms with van der Waals surface area (Å²) in [5.41, 5.74) is 1.69. The number of Topliss-reactive ketones (excluding diaryl/α,β-unsaturated/α-hetero) is 1. The molecule has 1 aliphatic heterocycles. The first-order chi connectivity index (χ1) is 7.58. The van der Waals surface area contributed by atoms with Gasteiger partial charge in [0.05, 0.1) is 0 Å². The van der Waals surface area contributed by atoms with Gasteiger partial charge >= 0.3 is 5.97 Å². The molecule has 1 heterocycles. The topological polar surface area (TPSA) is 55.7 Å². The Balaban J connectivity index is 2.30. The van der Waals surface area contributed by atoms with Crippen LogP contribution in [0.25, 0.3) is 0 Å². The number of fused-ring (bicyclic) bond motifs is 1. The minimum Gasteiger partial charge on any atom is -0.317 e. The van der Waals surface area contributed by atoms with Crippen LogP contribution in [-0.2, 0) is 9.63 Å². The van der Waals surface area contributed by atoms with E-state index in [9.17, 15) is 9.59 Å². The number of hydrogen-bond acceptors (Lipinski definition) is 5. The molecule has 0 saturated carbocycles. The fourth-order valence-corrected chi connectivity index (χ4v) is 2.33. The van der Waals surface area contributed by atoms with Crippen LogP contribution in [0.15, 0.2) is 28.3 Å². The number of thioether (sulfide) groups is 1. The van der Waals surface area contributed by atoms with Crippen molar-refractivity contribution in [1.29, 1.82) is 0 Å². The molecule has 0 saturated heterocycles. The van der Waals surface area contributed by atoms with Crippen LogP contribution in [0.1, 0.15) is 22.8 Å². The van der Waals surface area contributed by atoms with Gasteiger partial charge in [-0.3, -0.25) is 4.79 Å². The summed E-state index contributed by atoms with van der Waals surface area (Å²) >= 11 is 1.22. The Hall–Kier alpha value is -1.62. The van der Waals surface area contributed by atoms with E-state index in [-0.39, 0.29) is 10.8 Å². The van der Waals surface area contributed by atoms with Gasteiger partial charge in [-0.1, -0.05) is 23.0 Å². The number of oxime groups is 1. The van der Waals surface area contributed by atoms with E-state index < -0.39 is 5.97 Å². The van der Waals surface area contributed by atoms with Crippen molar-refractivity contribution in [2.45, 2.75) is 18.7 Å². The van der Waals surface area contributed by atoms with Crippen LogP contribution < -0.4 is 0 Å². The average molecular weight is 235 g/mol. The Labute approximate surface area is 96.7 Å². The molecule has 0 atom stereocenters. The van der Waals surface area contributed by atoms with Crippen LogP contribution in [0.5, 0.6) is 0 Å². The molecule has 82 valence electrons. The van der Waals surface area contributed by atoms with Crippen LogP contribution in [0.4, 0.5) is 0 Å². The number of ketones is 1. The van der Waals surface area contributed by atoms with Gasteiger partial charge in [0.25, 0.3) is 0 Å². The lowest BCUT2D eigenvalue weighted by molar-refractivity contribution is -0.140. The summed E-state index contributed by atoms with van der Waals surface area (Å²) < 4.78 is 0. The first kappa shape index (κ1) is 10.9. The zero-order valence-corrected chi connectivity index (χ0v) is 9.63. The maximum atomic E-state index is 11.8. The van der Waals surface area contributed by atoms with Gasteiger partial charge in [0.2, 0.25) is 5.78 Å². The van der Waals surface area contributed by atoms with E-state index in [4.69, 9.17) is 0 Å². The number of rotatable bonds is 1. The number of benzene rings is 1. The summed E-state index contributed by atoms with van der Waals surface area (Å²) in [7, 11) is 0. The van der Waals surface area contributed by atoms with Crippen molar-refractivity contribution in [1.82, 2.24) is 0 Å². The maximum Gasteiger partial charge on any atom is 0.332 e. The first-order valence-electron chi connectivity index (χ1n) is 4.66. The molecule has 0 N–H and O–H groups in total. The van der Waals surface area contributed by atoms with E-state index in [2.05, 4.69) is 9.99 Å². The van der Waals surface area contributed by atoms with Crippen molar-refractivity contribution in [2.75, 3.05) is 0 Å². The predicted molar refractivity (Wildman–Crippen MR) is 60.6 cm³/mol. The van der Waals surface area contributed by atoms with E-state index in [1.807, 2.05) is 19.1 Å². The van der Waals surface area contributed by atoms with E-state index >= 15 is 0 Å². The lowest BCUT2D eigenvalue weighted by Gasteiger charge is -1.95. The summed E-state index contributed by atoms with van der Waals surface area (Å²) in [5, 5.41) is 3.73. The zero-order chi connectivity index (χ0) is 11.7. The fourth-order valence-electron chi connectivity index (χ4n) is 1.33. The Morgan fingerprint density at radius 2 is 2.19 bits per heavy atom. The molecule has 1 aliphatic rings. The highest BCUT2D eigenvalue weighted by Gasteiger charge is 2.28. The van der Waals surface area contributed by atoms with E-state index in [1.54, 1.807) is 6.07 Å². The predicted octanol–water partition coefficient (Wildman–Crippen LogP) is 2.16. The largest absolute Gasteiger partial charge is 0.332 e. The lowest BCUT2D eigenvalue weighted by atomic mass is 10.1. The number of hydrogen-bond donors (Lipinski definition) is 0. The molecule has 0 bridgehead atoms. The van der Waals surface area contributed by atoms with Gasteiger partial charge in [0.1, 0.15) is 0 Å². The molecule has 0 unspecified atom stereocenters. The molecule has 0 spiro atoms. The van der Waals surface area contributed by atoms with Crippen LogP contribution in [0.2, 0.25) is 0 Å². The Morgan fingerprint density at radius 3 is 2.88 bits per heavy atom. The molecule has 1 aromatic rings. The van der Waals surface area contributed by atoms with Crippen LogP contribution >= 0.6 is 11.8 Å². The summed E-state index contributed by atoms with van der Waals surface area (Å²) in [4.78, 5) is 27.7.